The molecule has 0 aliphatic heterocycles. The molecule has 0 saturated heterocycles. The molecule has 2 aromatic rings. The fourth-order valence-electron chi connectivity index (χ4n) is 3.42. The lowest BCUT2D eigenvalue weighted by Gasteiger charge is -2.32. The van der Waals surface area contributed by atoms with E-state index in [9.17, 15) is 22.4 Å². The van der Waals surface area contributed by atoms with Crippen molar-refractivity contribution in [2.75, 3.05) is 23.7 Å². The Balaban J connectivity index is 2.36. The topological polar surface area (TPSA) is 86.8 Å². The van der Waals surface area contributed by atoms with Gasteiger partial charge in [-0.15, -0.1) is 0 Å². The number of halogens is 1. The number of sulfonamides is 1. The lowest BCUT2D eigenvalue weighted by molar-refractivity contribution is -0.140. The molecule has 0 aromatic heterocycles. The van der Waals surface area contributed by atoms with Crippen molar-refractivity contribution in [3.63, 3.8) is 0 Å². The molecule has 0 radical (unpaired) electrons. The lowest BCUT2D eigenvalue weighted by Crippen LogP contribution is -2.52. The third-order valence-corrected chi connectivity index (χ3v) is 6.35. The fraction of sp³-hybridized carbons (Fsp3) is 0.417. The van der Waals surface area contributed by atoms with Gasteiger partial charge < -0.3 is 10.2 Å². The molecular weight excluding hydrogens is 445 g/mol. The van der Waals surface area contributed by atoms with E-state index in [1.165, 1.54) is 17.0 Å². The van der Waals surface area contributed by atoms with Gasteiger partial charge in [-0.1, -0.05) is 50.6 Å². The van der Waals surface area contributed by atoms with Crippen molar-refractivity contribution in [3.05, 3.63) is 66.0 Å². The first-order valence-electron chi connectivity index (χ1n) is 11.0. The van der Waals surface area contributed by atoms with Gasteiger partial charge in [0.25, 0.3) is 0 Å². The van der Waals surface area contributed by atoms with Gasteiger partial charge in [-0.2, -0.15) is 0 Å². The Hall–Kier alpha value is -2.94. The molecule has 0 bridgehead atoms. The van der Waals surface area contributed by atoms with Gasteiger partial charge in [0.15, 0.2) is 0 Å². The van der Waals surface area contributed by atoms with E-state index in [2.05, 4.69) is 5.32 Å². The standard InChI is InChI=1S/C24H32FN3O4S/c1-4-6-16-26-24(30)22(5-2)27(17-19-12-14-20(25)15-13-19)23(29)18-28(33(3,31)32)21-10-8-7-9-11-21/h7-15,22H,4-6,16-18H2,1-3H3,(H,26,30)/t22-/m0/s1. The molecule has 2 rings (SSSR count). The van der Waals surface area contributed by atoms with Crippen LogP contribution in [0.4, 0.5) is 10.1 Å². The van der Waals surface area contributed by atoms with E-state index in [0.29, 0.717) is 24.2 Å². The van der Waals surface area contributed by atoms with Crippen molar-refractivity contribution < 1.29 is 22.4 Å². The molecule has 1 atom stereocenters. The van der Waals surface area contributed by atoms with E-state index in [-0.39, 0.29) is 12.5 Å². The molecule has 2 aromatic carbocycles. The highest BCUT2D eigenvalue weighted by atomic mass is 32.2. The summed E-state index contributed by atoms with van der Waals surface area (Å²) in [6, 6.07) is 13.2. The van der Waals surface area contributed by atoms with Crippen LogP contribution in [-0.2, 0) is 26.2 Å². The smallest absolute Gasteiger partial charge is 0.244 e. The maximum absolute atomic E-state index is 13.4. The number of unbranched alkanes of at least 4 members (excludes halogenated alkanes) is 1. The number of carbonyl (C=O) groups excluding carboxylic acids is 2. The minimum Gasteiger partial charge on any atom is -0.354 e. The first kappa shape index (κ1) is 26.3. The Labute approximate surface area is 195 Å². The first-order chi connectivity index (χ1) is 15.7. The van der Waals surface area contributed by atoms with Gasteiger partial charge >= 0.3 is 0 Å². The van der Waals surface area contributed by atoms with Crippen LogP contribution in [0.1, 0.15) is 38.7 Å². The number of anilines is 1. The largest absolute Gasteiger partial charge is 0.354 e. The summed E-state index contributed by atoms with van der Waals surface area (Å²) in [4.78, 5) is 27.7. The van der Waals surface area contributed by atoms with Gasteiger partial charge in [-0.25, -0.2) is 12.8 Å². The molecule has 0 heterocycles. The summed E-state index contributed by atoms with van der Waals surface area (Å²) in [5, 5.41) is 2.86. The number of nitrogens with one attached hydrogen (secondary N) is 1. The number of amides is 2. The summed E-state index contributed by atoms with van der Waals surface area (Å²) in [6.07, 6.45) is 3.10. The van der Waals surface area contributed by atoms with Crippen LogP contribution in [0.3, 0.4) is 0 Å². The molecule has 9 heteroatoms. The van der Waals surface area contributed by atoms with E-state index in [4.69, 9.17) is 0 Å². The van der Waals surface area contributed by atoms with Crippen LogP contribution in [0.15, 0.2) is 54.6 Å². The van der Waals surface area contributed by atoms with Gasteiger partial charge in [-0.3, -0.25) is 13.9 Å². The van der Waals surface area contributed by atoms with Gasteiger partial charge in [0.2, 0.25) is 21.8 Å². The molecule has 1 N–H and O–H groups in total. The van der Waals surface area contributed by atoms with Crippen LogP contribution in [0.5, 0.6) is 0 Å². The minimum absolute atomic E-state index is 0.0468. The van der Waals surface area contributed by atoms with Crippen molar-refractivity contribution in [1.82, 2.24) is 10.2 Å². The number of para-hydroxylation sites is 1. The summed E-state index contributed by atoms with van der Waals surface area (Å²) in [5.74, 6) is -1.23. The Morgan fingerprint density at radius 3 is 2.21 bits per heavy atom. The fourth-order valence-corrected chi connectivity index (χ4v) is 4.27. The SMILES string of the molecule is CCCCNC(=O)[C@H](CC)N(Cc1ccc(F)cc1)C(=O)CN(c1ccccc1)S(C)(=O)=O. The average molecular weight is 478 g/mol. The van der Waals surface area contributed by atoms with Gasteiger partial charge in [0, 0.05) is 13.1 Å². The summed E-state index contributed by atoms with van der Waals surface area (Å²) in [6.45, 7) is 3.88. The summed E-state index contributed by atoms with van der Waals surface area (Å²) >= 11 is 0. The molecule has 7 nitrogen and oxygen atoms in total. The van der Waals surface area contributed by atoms with E-state index in [1.54, 1.807) is 49.4 Å². The number of hydrogen-bond acceptors (Lipinski definition) is 4. The minimum atomic E-state index is -3.76. The third-order valence-electron chi connectivity index (χ3n) is 5.21. The number of rotatable bonds is 12. The Morgan fingerprint density at radius 1 is 1.03 bits per heavy atom. The zero-order valence-electron chi connectivity index (χ0n) is 19.3. The zero-order valence-corrected chi connectivity index (χ0v) is 20.1. The molecular formula is C24H32FN3O4S. The van der Waals surface area contributed by atoms with Crippen molar-refractivity contribution in [2.45, 2.75) is 45.7 Å². The van der Waals surface area contributed by atoms with Crippen molar-refractivity contribution >= 4 is 27.5 Å². The van der Waals surface area contributed by atoms with Crippen LogP contribution in [0.25, 0.3) is 0 Å². The summed E-state index contributed by atoms with van der Waals surface area (Å²) < 4.78 is 39.3. The quantitative estimate of drug-likeness (QED) is 0.475. The predicted molar refractivity (Wildman–Crippen MR) is 128 cm³/mol. The van der Waals surface area contributed by atoms with Crippen LogP contribution < -0.4 is 9.62 Å². The van der Waals surface area contributed by atoms with E-state index < -0.39 is 34.3 Å². The van der Waals surface area contributed by atoms with E-state index >= 15 is 0 Å². The molecule has 0 saturated carbocycles. The van der Waals surface area contributed by atoms with Crippen LogP contribution in [0.2, 0.25) is 0 Å². The summed E-state index contributed by atoms with van der Waals surface area (Å²) in [5.41, 5.74) is 0.991. The first-order valence-corrected chi connectivity index (χ1v) is 12.9. The Bertz CT molecular complexity index is 1010. The van der Waals surface area contributed by atoms with Crippen LogP contribution in [-0.4, -0.2) is 50.5 Å². The zero-order chi connectivity index (χ0) is 24.4. The molecule has 0 unspecified atom stereocenters. The lowest BCUT2D eigenvalue weighted by atomic mass is 10.1. The van der Waals surface area contributed by atoms with E-state index in [1.807, 2.05) is 6.92 Å². The average Bonchev–Trinajstić information content (AvgIpc) is 2.78. The number of carbonyl (C=O) groups is 2. The monoisotopic (exact) mass is 477 g/mol. The molecule has 0 spiro atoms. The molecule has 33 heavy (non-hydrogen) atoms. The van der Waals surface area contributed by atoms with Crippen LogP contribution in [0, 0.1) is 5.82 Å². The second-order valence-corrected chi connectivity index (χ2v) is 9.73. The highest BCUT2D eigenvalue weighted by Gasteiger charge is 2.31. The van der Waals surface area contributed by atoms with Gasteiger partial charge in [-0.05, 0) is 42.7 Å². The second kappa shape index (κ2) is 12.3. The van der Waals surface area contributed by atoms with Crippen molar-refractivity contribution in [2.24, 2.45) is 0 Å². The molecule has 180 valence electrons. The van der Waals surface area contributed by atoms with Gasteiger partial charge in [0.1, 0.15) is 18.4 Å². The molecule has 0 aliphatic carbocycles. The van der Waals surface area contributed by atoms with Gasteiger partial charge in [0.05, 0.1) is 11.9 Å². The van der Waals surface area contributed by atoms with E-state index in [0.717, 1.165) is 23.4 Å². The summed E-state index contributed by atoms with van der Waals surface area (Å²) in [7, 11) is -3.76. The maximum atomic E-state index is 13.4. The van der Waals surface area contributed by atoms with Crippen molar-refractivity contribution in [3.8, 4) is 0 Å². The normalized spacial score (nSPS) is 12.1. The molecule has 2 amide bonds. The molecule has 0 fully saturated rings. The highest BCUT2D eigenvalue weighted by molar-refractivity contribution is 7.92. The number of hydrogen-bond donors (Lipinski definition) is 1. The Kier molecular flexibility index (Phi) is 9.84. The van der Waals surface area contributed by atoms with Crippen molar-refractivity contribution in [1.29, 1.82) is 0 Å². The Morgan fingerprint density at radius 2 is 1.67 bits per heavy atom. The predicted octanol–water partition coefficient (Wildman–Crippen LogP) is 3.32. The van der Waals surface area contributed by atoms with Crippen LogP contribution >= 0.6 is 0 Å². The second-order valence-electron chi connectivity index (χ2n) is 7.82. The number of nitrogens with zero attached hydrogens (tertiary/aromatic N) is 2. The highest BCUT2D eigenvalue weighted by Crippen LogP contribution is 2.19. The number of benzene rings is 2. The maximum Gasteiger partial charge on any atom is 0.244 e. The molecule has 0 aliphatic rings. The third kappa shape index (κ3) is 7.85.